The largest absolute Gasteiger partial charge is 0.463 e. The van der Waals surface area contributed by atoms with Crippen LogP contribution in [0.1, 0.15) is 31.9 Å². The molecule has 0 unspecified atom stereocenters. The maximum Gasteiger partial charge on any atom is 0.416 e. The topological polar surface area (TPSA) is 52.6 Å². The second kappa shape index (κ2) is 9.05. The molecule has 136 valence electrons. The summed E-state index contributed by atoms with van der Waals surface area (Å²) in [6.45, 7) is 4.94. The molecule has 1 aromatic rings. The molecule has 0 heterocycles. The number of alkyl halides is 3. The van der Waals surface area contributed by atoms with Crippen molar-refractivity contribution in [3.63, 3.8) is 0 Å². The Bertz CT molecular complexity index is 688. The van der Waals surface area contributed by atoms with Crippen LogP contribution in [-0.2, 0) is 25.2 Å². The summed E-state index contributed by atoms with van der Waals surface area (Å²) < 4.78 is 48.0. The molecule has 0 aliphatic carbocycles. The minimum Gasteiger partial charge on any atom is -0.463 e. The predicted molar refractivity (Wildman–Crippen MR) is 86.4 cm³/mol. The molecule has 0 aliphatic rings. The summed E-state index contributed by atoms with van der Waals surface area (Å²) in [4.78, 5) is 23.6. The van der Waals surface area contributed by atoms with Gasteiger partial charge in [0.15, 0.2) is 0 Å². The fourth-order valence-corrected chi connectivity index (χ4v) is 1.98. The summed E-state index contributed by atoms with van der Waals surface area (Å²) >= 11 is 0. The average molecular weight is 356 g/mol. The molecule has 0 spiro atoms. The van der Waals surface area contributed by atoms with Crippen LogP contribution in [-0.4, -0.2) is 25.2 Å². The zero-order valence-electron chi connectivity index (χ0n) is 14.1. The van der Waals surface area contributed by atoms with Gasteiger partial charge in [0.25, 0.3) is 0 Å². The van der Waals surface area contributed by atoms with E-state index >= 15 is 0 Å². The van der Waals surface area contributed by atoms with E-state index in [0.717, 1.165) is 18.2 Å². The Kier molecular flexibility index (Phi) is 7.42. The zero-order valence-corrected chi connectivity index (χ0v) is 14.1. The van der Waals surface area contributed by atoms with E-state index in [1.165, 1.54) is 25.1 Å². The molecule has 0 aromatic heterocycles. The monoisotopic (exact) mass is 356 g/mol. The first-order valence-electron chi connectivity index (χ1n) is 7.60. The lowest BCUT2D eigenvalue weighted by Gasteiger charge is -2.09. The summed E-state index contributed by atoms with van der Waals surface area (Å²) in [5, 5.41) is 0. The van der Waals surface area contributed by atoms with Crippen LogP contribution in [0.2, 0.25) is 0 Å². The molecule has 4 nitrogen and oxygen atoms in total. The third kappa shape index (κ3) is 6.45. The first kappa shape index (κ1) is 20.5. The van der Waals surface area contributed by atoms with Crippen molar-refractivity contribution in [2.45, 2.75) is 26.9 Å². The number of halogens is 3. The number of benzene rings is 1. The highest BCUT2D eigenvalue weighted by molar-refractivity contribution is 6.01. The molecule has 0 atom stereocenters. The average Bonchev–Trinajstić information content (AvgIpc) is 2.52. The zero-order chi connectivity index (χ0) is 19.0. The van der Waals surface area contributed by atoms with Crippen molar-refractivity contribution in [2.75, 3.05) is 13.2 Å². The van der Waals surface area contributed by atoms with Crippen molar-refractivity contribution in [3.8, 4) is 0 Å². The van der Waals surface area contributed by atoms with Crippen LogP contribution in [0.3, 0.4) is 0 Å². The van der Waals surface area contributed by atoms with Crippen LogP contribution >= 0.6 is 0 Å². The summed E-state index contributed by atoms with van der Waals surface area (Å²) in [6.07, 6.45) is -2.12. The molecule has 0 fully saturated rings. The molecule has 0 radical (unpaired) electrons. The van der Waals surface area contributed by atoms with Crippen LogP contribution in [0.4, 0.5) is 13.2 Å². The normalized spacial score (nSPS) is 12.7. The van der Waals surface area contributed by atoms with Crippen molar-refractivity contribution < 1.29 is 32.2 Å². The fourth-order valence-electron chi connectivity index (χ4n) is 1.98. The highest BCUT2D eigenvalue weighted by Gasteiger charge is 2.30. The van der Waals surface area contributed by atoms with Gasteiger partial charge < -0.3 is 9.47 Å². The third-order valence-corrected chi connectivity index (χ3v) is 3.07. The molecular weight excluding hydrogens is 337 g/mol. The first-order valence-corrected chi connectivity index (χ1v) is 7.60. The van der Waals surface area contributed by atoms with Gasteiger partial charge in [0.05, 0.1) is 24.4 Å². The second-order valence-electron chi connectivity index (χ2n) is 4.98. The molecule has 0 bridgehead atoms. The lowest BCUT2D eigenvalue weighted by Crippen LogP contribution is -2.12. The Morgan fingerprint density at radius 1 is 1.12 bits per heavy atom. The molecule has 1 aromatic carbocycles. The van der Waals surface area contributed by atoms with Gasteiger partial charge in [-0.1, -0.05) is 18.2 Å². The number of ether oxygens (including phenoxy) is 2. The number of hydrogen-bond donors (Lipinski definition) is 0. The molecular formula is C18H19F3O4. The van der Waals surface area contributed by atoms with E-state index in [1.54, 1.807) is 13.8 Å². The maximum atomic E-state index is 12.8. The van der Waals surface area contributed by atoms with E-state index in [1.807, 2.05) is 0 Å². The van der Waals surface area contributed by atoms with Gasteiger partial charge in [-0.15, -0.1) is 0 Å². The van der Waals surface area contributed by atoms with Crippen LogP contribution in [0.5, 0.6) is 0 Å². The minimum absolute atomic E-state index is 0.0716. The van der Waals surface area contributed by atoms with E-state index in [2.05, 4.69) is 0 Å². The van der Waals surface area contributed by atoms with Gasteiger partial charge in [-0.3, -0.25) is 0 Å². The van der Waals surface area contributed by atoms with Crippen molar-refractivity contribution in [1.29, 1.82) is 0 Å². The van der Waals surface area contributed by atoms with Crippen LogP contribution < -0.4 is 0 Å². The number of esters is 2. The van der Waals surface area contributed by atoms with Crippen LogP contribution in [0, 0.1) is 0 Å². The van der Waals surface area contributed by atoms with Gasteiger partial charge in [0, 0.05) is 6.08 Å². The van der Waals surface area contributed by atoms with Gasteiger partial charge in [-0.25, -0.2) is 9.59 Å². The van der Waals surface area contributed by atoms with E-state index in [4.69, 9.17) is 9.47 Å². The van der Waals surface area contributed by atoms with Gasteiger partial charge in [0.2, 0.25) is 0 Å². The van der Waals surface area contributed by atoms with E-state index in [9.17, 15) is 22.8 Å². The van der Waals surface area contributed by atoms with E-state index < -0.39 is 23.7 Å². The van der Waals surface area contributed by atoms with Gasteiger partial charge >= 0.3 is 18.1 Å². The highest BCUT2D eigenvalue weighted by atomic mass is 19.4. The fraction of sp³-hybridized carbons (Fsp3) is 0.333. The smallest absolute Gasteiger partial charge is 0.416 e. The SMILES string of the molecule is CCOC(=O)/C=C(C(=O)OCC)/C(C)=C/c1cccc(C(F)(F)F)c1. The van der Waals surface area contributed by atoms with Crippen LogP contribution in [0.25, 0.3) is 6.08 Å². The lowest BCUT2D eigenvalue weighted by atomic mass is 10.0. The van der Waals surface area contributed by atoms with Gasteiger partial charge in [-0.2, -0.15) is 13.2 Å². The Hall–Kier alpha value is -2.57. The second-order valence-corrected chi connectivity index (χ2v) is 4.98. The number of hydrogen-bond acceptors (Lipinski definition) is 4. The Morgan fingerprint density at radius 2 is 1.76 bits per heavy atom. The van der Waals surface area contributed by atoms with Crippen molar-refractivity contribution in [3.05, 3.63) is 52.6 Å². The minimum atomic E-state index is -4.47. The van der Waals surface area contributed by atoms with Crippen molar-refractivity contribution >= 4 is 18.0 Å². The number of carbonyl (C=O) groups is 2. The van der Waals surface area contributed by atoms with Crippen molar-refractivity contribution in [2.24, 2.45) is 0 Å². The molecule has 0 saturated heterocycles. The Balaban J connectivity index is 3.24. The number of carbonyl (C=O) groups excluding carboxylic acids is 2. The number of rotatable bonds is 6. The predicted octanol–water partition coefficient (Wildman–Crippen LogP) is 4.16. The quantitative estimate of drug-likeness (QED) is 0.436. The third-order valence-electron chi connectivity index (χ3n) is 3.07. The molecule has 0 aliphatic heterocycles. The Labute approximate surface area is 143 Å². The molecule has 0 saturated carbocycles. The highest BCUT2D eigenvalue weighted by Crippen LogP contribution is 2.30. The summed E-state index contributed by atoms with van der Waals surface area (Å²) in [5.41, 5.74) is -0.351. The maximum absolute atomic E-state index is 12.8. The lowest BCUT2D eigenvalue weighted by molar-refractivity contribution is -0.140. The summed E-state index contributed by atoms with van der Waals surface area (Å²) in [7, 11) is 0. The van der Waals surface area contributed by atoms with Crippen LogP contribution in [0.15, 0.2) is 41.5 Å². The molecule has 1 rings (SSSR count). The first-order chi connectivity index (χ1) is 11.7. The van der Waals surface area contributed by atoms with Crippen molar-refractivity contribution in [1.82, 2.24) is 0 Å². The summed E-state index contributed by atoms with van der Waals surface area (Å²) in [6, 6.07) is 4.64. The molecule has 7 heteroatoms. The van der Waals surface area contributed by atoms with Gasteiger partial charge in [0.1, 0.15) is 0 Å². The van der Waals surface area contributed by atoms with E-state index in [-0.39, 0.29) is 29.9 Å². The standard InChI is InChI=1S/C18H19F3O4/c1-4-24-16(22)11-15(17(23)25-5-2)12(3)9-13-7-6-8-14(10-13)18(19,20)21/h6-11H,4-5H2,1-3H3/b12-9+,15-11-. The van der Waals surface area contributed by atoms with E-state index in [0.29, 0.717) is 0 Å². The molecule has 25 heavy (non-hydrogen) atoms. The van der Waals surface area contributed by atoms with Gasteiger partial charge in [-0.05, 0) is 44.0 Å². The molecule has 0 amide bonds. The Morgan fingerprint density at radius 3 is 2.32 bits per heavy atom. The summed E-state index contributed by atoms with van der Waals surface area (Å²) in [5.74, 6) is -1.49. The molecule has 0 N–H and O–H groups in total.